The van der Waals surface area contributed by atoms with Gasteiger partial charge in [-0.15, -0.1) is 0 Å². The lowest BCUT2D eigenvalue weighted by molar-refractivity contribution is 0.129. The lowest BCUT2D eigenvalue weighted by Gasteiger charge is -2.15. The highest BCUT2D eigenvalue weighted by Crippen LogP contribution is 2.15. The van der Waals surface area contributed by atoms with E-state index >= 15 is 0 Å². The van der Waals surface area contributed by atoms with Crippen LogP contribution in [0.15, 0.2) is 0 Å². The summed E-state index contributed by atoms with van der Waals surface area (Å²) in [6, 6.07) is 0. The molecular weight excluding hydrogens is 376 g/mol. The van der Waals surface area contributed by atoms with Gasteiger partial charge in [0.25, 0.3) is 20.2 Å². The zero-order chi connectivity index (χ0) is 19.9. The van der Waals surface area contributed by atoms with Gasteiger partial charge in [-0.25, -0.2) is 0 Å². The summed E-state index contributed by atoms with van der Waals surface area (Å²) in [4.78, 5) is 0. The molecule has 0 saturated carbocycles. The first-order valence-electron chi connectivity index (χ1n) is 9.86. The van der Waals surface area contributed by atoms with Crippen LogP contribution >= 0.6 is 0 Å². The Kier molecular flexibility index (Phi) is 14.7. The van der Waals surface area contributed by atoms with Crippen molar-refractivity contribution in [2.45, 2.75) is 96.5 Å². The van der Waals surface area contributed by atoms with Crippen LogP contribution in [0.2, 0.25) is 0 Å². The summed E-state index contributed by atoms with van der Waals surface area (Å²) in [6.07, 6.45) is 16.2. The van der Waals surface area contributed by atoms with E-state index in [0.717, 1.165) is 31.8 Å². The fraction of sp³-hybridized carbons (Fsp3) is 1.00. The molecule has 0 aliphatic rings. The second-order valence-electron chi connectivity index (χ2n) is 7.09. The topological polar surface area (TPSA) is 86.7 Å². The molecule has 1 atom stereocenters. The Bertz CT molecular complexity index is 528. The van der Waals surface area contributed by atoms with Crippen LogP contribution in [-0.4, -0.2) is 42.1 Å². The molecule has 0 aliphatic carbocycles. The lowest BCUT2D eigenvalue weighted by atomic mass is 10.0. The molecular formula is C18H38O6S2. The first-order chi connectivity index (χ1) is 12.1. The van der Waals surface area contributed by atoms with Gasteiger partial charge < -0.3 is 0 Å². The molecule has 0 aliphatic heterocycles. The molecule has 6 nitrogen and oxygen atoms in total. The minimum Gasteiger partial charge on any atom is -0.268 e. The summed E-state index contributed by atoms with van der Waals surface area (Å²) in [7, 11) is -7.24. The largest absolute Gasteiger partial charge is 0.268 e. The quantitative estimate of drug-likeness (QED) is 0.244. The molecule has 26 heavy (non-hydrogen) atoms. The highest BCUT2D eigenvalue weighted by atomic mass is 32.2. The van der Waals surface area contributed by atoms with E-state index in [0.29, 0.717) is 6.42 Å². The summed E-state index contributed by atoms with van der Waals surface area (Å²) >= 11 is 0. The van der Waals surface area contributed by atoms with Crippen molar-refractivity contribution in [3.8, 4) is 0 Å². The van der Waals surface area contributed by atoms with Crippen LogP contribution in [0.4, 0.5) is 0 Å². The summed E-state index contributed by atoms with van der Waals surface area (Å²) in [6.45, 7) is 1.97. The van der Waals surface area contributed by atoms with E-state index in [1.807, 2.05) is 0 Å². The van der Waals surface area contributed by atoms with Gasteiger partial charge in [-0.1, -0.05) is 84.0 Å². The maximum absolute atomic E-state index is 11.3. The monoisotopic (exact) mass is 414 g/mol. The highest BCUT2D eigenvalue weighted by molar-refractivity contribution is 7.86. The molecule has 0 N–H and O–H groups in total. The molecule has 8 heteroatoms. The first kappa shape index (κ1) is 25.8. The van der Waals surface area contributed by atoms with Gasteiger partial charge in [0.15, 0.2) is 0 Å². The Balaban J connectivity index is 3.75. The minimum atomic E-state index is -3.63. The molecule has 0 aromatic heterocycles. The molecule has 0 rings (SSSR count). The Morgan fingerprint density at radius 2 is 1.08 bits per heavy atom. The van der Waals surface area contributed by atoms with E-state index in [1.165, 1.54) is 57.8 Å². The van der Waals surface area contributed by atoms with Gasteiger partial charge in [-0.3, -0.25) is 8.37 Å². The number of rotatable bonds is 18. The van der Waals surface area contributed by atoms with Gasteiger partial charge in [0.1, 0.15) is 6.10 Å². The molecule has 0 aromatic rings. The van der Waals surface area contributed by atoms with Crippen molar-refractivity contribution in [2.75, 3.05) is 19.1 Å². The van der Waals surface area contributed by atoms with Crippen molar-refractivity contribution < 1.29 is 25.2 Å². The van der Waals surface area contributed by atoms with E-state index in [4.69, 9.17) is 4.18 Å². The predicted molar refractivity (Wildman–Crippen MR) is 106 cm³/mol. The maximum atomic E-state index is 11.3. The van der Waals surface area contributed by atoms with Crippen LogP contribution in [0, 0.1) is 0 Å². The summed E-state index contributed by atoms with van der Waals surface area (Å²) in [5.41, 5.74) is 0. The predicted octanol–water partition coefficient (Wildman–Crippen LogP) is 4.40. The molecule has 1 unspecified atom stereocenters. The molecule has 0 fully saturated rings. The molecule has 0 aromatic carbocycles. The van der Waals surface area contributed by atoms with Crippen LogP contribution in [0.3, 0.4) is 0 Å². The Morgan fingerprint density at radius 3 is 1.46 bits per heavy atom. The van der Waals surface area contributed by atoms with Crippen molar-refractivity contribution in [2.24, 2.45) is 0 Å². The zero-order valence-corrected chi connectivity index (χ0v) is 18.4. The van der Waals surface area contributed by atoms with E-state index in [-0.39, 0.29) is 6.61 Å². The minimum absolute atomic E-state index is 0.260. The normalized spacial score (nSPS) is 13.8. The van der Waals surface area contributed by atoms with Crippen molar-refractivity contribution in [1.29, 1.82) is 0 Å². The summed E-state index contributed by atoms with van der Waals surface area (Å²) in [5, 5.41) is 0. The third kappa shape index (κ3) is 20.1. The number of hydrogen-bond acceptors (Lipinski definition) is 6. The molecule has 0 heterocycles. The van der Waals surface area contributed by atoms with Crippen LogP contribution in [0.1, 0.15) is 90.4 Å². The Labute approximate surface area is 161 Å². The standard InChI is InChI=1S/C18H38O6S2/c1-4-5-6-7-8-9-10-11-12-13-14-15-16-18(24-26(3,21)22)17-23-25(2,19)20/h18H,4-17H2,1-3H3. The second-order valence-corrected chi connectivity index (χ2v) is 10.3. The zero-order valence-electron chi connectivity index (χ0n) is 16.7. The fourth-order valence-corrected chi connectivity index (χ4v) is 3.86. The van der Waals surface area contributed by atoms with Crippen molar-refractivity contribution in [3.63, 3.8) is 0 Å². The molecule has 0 saturated heterocycles. The highest BCUT2D eigenvalue weighted by Gasteiger charge is 2.18. The molecule has 0 radical (unpaired) electrons. The second kappa shape index (κ2) is 14.8. The summed E-state index contributed by atoms with van der Waals surface area (Å²) in [5.74, 6) is 0. The van der Waals surface area contributed by atoms with E-state index in [9.17, 15) is 16.8 Å². The third-order valence-electron chi connectivity index (χ3n) is 4.16. The molecule has 158 valence electrons. The van der Waals surface area contributed by atoms with Crippen LogP contribution in [0.5, 0.6) is 0 Å². The number of unbranched alkanes of at least 4 members (excludes halogenated alkanes) is 11. The SMILES string of the molecule is CCCCCCCCCCCCCCC(COS(C)(=O)=O)OS(C)(=O)=O. The Hall–Kier alpha value is -0.180. The van der Waals surface area contributed by atoms with Crippen LogP contribution in [0.25, 0.3) is 0 Å². The van der Waals surface area contributed by atoms with E-state index < -0.39 is 26.3 Å². The lowest BCUT2D eigenvalue weighted by Crippen LogP contribution is -2.24. The van der Waals surface area contributed by atoms with Gasteiger partial charge in [0.2, 0.25) is 0 Å². The van der Waals surface area contributed by atoms with Gasteiger partial charge in [0, 0.05) is 0 Å². The smallest absolute Gasteiger partial charge is 0.264 e. The summed E-state index contributed by atoms with van der Waals surface area (Å²) < 4.78 is 54.2. The van der Waals surface area contributed by atoms with Crippen molar-refractivity contribution in [1.82, 2.24) is 0 Å². The average Bonchev–Trinajstić information content (AvgIpc) is 2.51. The molecule has 0 amide bonds. The van der Waals surface area contributed by atoms with Crippen LogP contribution < -0.4 is 0 Å². The fourth-order valence-electron chi connectivity index (χ4n) is 2.82. The molecule has 0 bridgehead atoms. The van der Waals surface area contributed by atoms with Gasteiger partial charge in [-0.05, 0) is 6.42 Å². The average molecular weight is 415 g/mol. The van der Waals surface area contributed by atoms with Crippen molar-refractivity contribution in [3.05, 3.63) is 0 Å². The maximum Gasteiger partial charge on any atom is 0.264 e. The molecule has 0 spiro atoms. The van der Waals surface area contributed by atoms with Gasteiger partial charge >= 0.3 is 0 Å². The Morgan fingerprint density at radius 1 is 0.654 bits per heavy atom. The van der Waals surface area contributed by atoms with Crippen LogP contribution in [-0.2, 0) is 28.6 Å². The van der Waals surface area contributed by atoms with E-state index in [1.54, 1.807) is 0 Å². The van der Waals surface area contributed by atoms with Crippen molar-refractivity contribution >= 4 is 20.2 Å². The van der Waals surface area contributed by atoms with E-state index in [2.05, 4.69) is 11.1 Å². The van der Waals surface area contributed by atoms with Gasteiger partial charge in [-0.2, -0.15) is 16.8 Å². The third-order valence-corrected chi connectivity index (χ3v) is 5.34. The first-order valence-corrected chi connectivity index (χ1v) is 13.5. The van der Waals surface area contributed by atoms with Gasteiger partial charge in [0.05, 0.1) is 19.1 Å². The number of hydrogen-bond donors (Lipinski definition) is 0.